The Hall–Kier alpha value is -4.09. The first kappa shape index (κ1) is 20.2. The fourth-order valence-corrected chi connectivity index (χ4v) is 3.83. The number of hydrogen-bond acceptors (Lipinski definition) is 5. The van der Waals surface area contributed by atoms with Crippen molar-refractivity contribution in [3.8, 4) is 0 Å². The van der Waals surface area contributed by atoms with Gasteiger partial charge in [-0.25, -0.2) is 9.79 Å². The number of ether oxygens (including phenoxy) is 1. The maximum Gasteiger partial charge on any atom is 0.336 e. The summed E-state index contributed by atoms with van der Waals surface area (Å²) >= 11 is 0. The molecular formula is C24H21N4O3+. The molecule has 31 heavy (non-hydrogen) atoms. The summed E-state index contributed by atoms with van der Waals surface area (Å²) in [6.07, 6.45) is -0.698. The Kier molecular flexibility index (Phi) is 5.69. The predicted molar refractivity (Wildman–Crippen MR) is 115 cm³/mol. The molecule has 1 heterocycles. The van der Waals surface area contributed by atoms with Crippen molar-refractivity contribution in [3.05, 3.63) is 107 Å². The van der Waals surface area contributed by atoms with E-state index < -0.39 is 17.6 Å². The molecule has 0 aromatic heterocycles. The SMILES string of the molecule is N=[N+]=NCc1ccccc1[C@@H]1OC(c2ccccc2)=N[C@]1(Cc1ccccc1)C(=O)O. The van der Waals surface area contributed by atoms with E-state index in [9.17, 15) is 9.90 Å². The van der Waals surface area contributed by atoms with Crippen molar-refractivity contribution < 1.29 is 14.6 Å². The van der Waals surface area contributed by atoms with Crippen LogP contribution in [0, 0.1) is 5.53 Å². The lowest BCUT2D eigenvalue weighted by Crippen LogP contribution is -2.43. The lowest BCUT2D eigenvalue weighted by atomic mass is 9.81. The molecule has 0 spiro atoms. The zero-order chi connectivity index (χ0) is 21.7. The maximum atomic E-state index is 12.8. The molecule has 0 saturated heterocycles. The predicted octanol–water partition coefficient (Wildman–Crippen LogP) is 4.32. The van der Waals surface area contributed by atoms with Crippen LogP contribution in [-0.4, -0.2) is 22.5 Å². The van der Waals surface area contributed by atoms with Crippen molar-refractivity contribution in [2.24, 2.45) is 10.1 Å². The lowest BCUT2D eigenvalue weighted by molar-refractivity contribution is -0.146. The summed E-state index contributed by atoms with van der Waals surface area (Å²) in [6.45, 7) is 0.154. The Morgan fingerprint density at radius 1 is 1.03 bits per heavy atom. The third-order valence-electron chi connectivity index (χ3n) is 5.32. The molecule has 0 saturated carbocycles. The Morgan fingerprint density at radius 3 is 2.35 bits per heavy atom. The largest absolute Gasteiger partial charge is 0.479 e. The summed E-state index contributed by atoms with van der Waals surface area (Å²) in [7, 11) is 0. The highest BCUT2D eigenvalue weighted by molar-refractivity contribution is 5.99. The van der Waals surface area contributed by atoms with E-state index in [1.165, 1.54) is 0 Å². The van der Waals surface area contributed by atoms with Crippen LogP contribution in [0.25, 0.3) is 0 Å². The third kappa shape index (κ3) is 3.99. The molecule has 0 aliphatic carbocycles. The Morgan fingerprint density at radius 2 is 1.68 bits per heavy atom. The van der Waals surface area contributed by atoms with Gasteiger partial charge in [0.05, 0.1) is 0 Å². The standard InChI is InChI=1S/C24H20N4O3/c25-28-26-16-19-13-7-8-14-20(19)21-24(23(29)30,15-17-9-3-1-4-10-17)27-22(31-21)18-11-5-2-6-12-18/h1-14,21,25H,15-16H2/p+1/t21-,24-/m0/s1. The van der Waals surface area contributed by atoms with Gasteiger partial charge in [-0.2, -0.15) is 0 Å². The van der Waals surface area contributed by atoms with Gasteiger partial charge in [0.2, 0.25) is 16.3 Å². The number of aliphatic imine (C=N–C) groups is 1. The average molecular weight is 413 g/mol. The smallest absolute Gasteiger partial charge is 0.336 e. The number of carboxylic acids is 1. The monoisotopic (exact) mass is 413 g/mol. The molecule has 0 unspecified atom stereocenters. The molecule has 7 heteroatoms. The van der Waals surface area contributed by atoms with Gasteiger partial charge in [0, 0.05) is 17.5 Å². The second-order valence-electron chi connectivity index (χ2n) is 7.27. The number of nitrogens with one attached hydrogen (secondary N) is 1. The minimum Gasteiger partial charge on any atom is -0.479 e. The van der Waals surface area contributed by atoms with Crippen LogP contribution in [0.1, 0.15) is 28.4 Å². The molecule has 0 radical (unpaired) electrons. The first-order valence-electron chi connectivity index (χ1n) is 9.84. The van der Waals surface area contributed by atoms with E-state index in [2.05, 4.69) is 15.0 Å². The van der Waals surface area contributed by atoms with Crippen LogP contribution < -0.4 is 4.91 Å². The van der Waals surface area contributed by atoms with Crippen LogP contribution in [0.5, 0.6) is 0 Å². The molecule has 7 nitrogen and oxygen atoms in total. The summed E-state index contributed by atoms with van der Waals surface area (Å²) in [4.78, 5) is 20.5. The average Bonchev–Trinajstić information content (AvgIpc) is 3.19. The van der Waals surface area contributed by atoms with E-state index in [0.717, 1.165) is 11.1 Å². The van der Waals surface area contributed by atoms with Crippen molar-refractivity contribution in [3.63, 3.8) is 0 Å². The van der Waals surface area contributed by atoms with Crippen molar-refractivity contribution in [1.82, 2.24) is 4.91 Å². The highest BCUT2D eigenvalue weighted by atomic mass is 16.5. The van der Waals surface area contributed by atoms with Crippen molar-refractivity contribution in [1.29, 1.82) is 5.53 Å². The highest BCUT2D eigenvalue weighted by Gasteiger charge is 2.54. The third-order valence-corrected chi connectivity index (χ3v) is 5.32. The minimum absolute atomic E-state index is 0.154. The fraction of sp³-hybridized carbons (Fsp3) is 0.167. The molecule has 2 N–H and O–H groups in total. The van der Waals surface area contributed by atoms with Crippen LogP contribution in [0.15, 0.2) is 95.0 Å². The van der Waals surface area contributed by atoms with Gasteiger partial charge >= 0.3 is 5.97 Å². The molecular weight excluding hydrogens is 392 g/mol. The maximum absolute atomic E-state index is 12.8. The molecule has 1 aliphatic heterocycles. The molecule has 154 valence electrons. The summed E-state index contributed by atoms with van der Waals surface area (Å²) in [5, 5.41) is 14.2. The summed E-state index contributed by atoms with van der Waals surface area (Å²) in [6, 6.07) is 26.0. The van der Waals surface area contributed by atoms with Gasteiger partial charge < -0.3 is 9.84 Å². The van der Waals surface area contributed by atoms with Crippen LogP contribution in [0.4, 0.5) is 0 Å². The van der Waals surface area contributed by atoms with Gasteiger partial charge in [0.1, 0.15) is 17.2 Å². The minimum atomic E-state index is -1.55. The van der Waals surface area contributed by atoms with Crippen LogP contribution in [-0.2, 0) is 22.5 Å². The van der Waals surface area contributed by atoms with Gasteiger partial charge in [-0.1, -0.05) is 72.8 Å². The van der Waals surface area contributed by atoms with E-state index in [1.54, 1.807) is 0 Å². The molecule has 3 aromatic rings. The Bertz CT molecular complexity index is 1160. The number of rotatable bonds is 7. The van der Waals surface area contributed by atoms with Crippen LogP contribution in [0.3, 0.4) is 0 Å². The summed E-state index contributed by atoms with van der Waals surface area (Å²) < 4.78 is 6.25. The van der Waals surface area contributed by atoms with Gasteiger partial charge in [-0.3, -0.25) is 0 Å². The van der Waals surface area contributed by atoms with Crippen molar-refractivity contribution in [2.45, 2.75) is 24.6 Å². The van der Waals surface area contributed by atoms with Crippen molar-refractivity contribution in [2.75, 3.05) is 0 Å². The number of carboxylic acid groups (broad SMARTS) is 1. The molecule has 2 atom stereocenters. The first-order valence-corrected chi connectivity index (χ1v) is 9.84. The molecule has 3 aromatic carbocycles. The second kappa shape index (κ2) is 8.73. The van der Waals surface area contributed by atoms with E-state index in [0.29, 0.717) is 17.0 Å². The van der Waals surface area contributed by atoms with Gasteiger partial charge in [0.25, 0.3) is 0 Å². The second-order valence-corrected chi connectivity index (χ2v) is 7.27. The van der Waals surface area contributed by atoms with Gasteiger partial charge in [-0.15, -0.1) is 0 Å². The van der Waals surface area contributed by atoms with Crippen molar-refractivity contribution >= 4 is 11.9 Å². The van der Waals surface area contributed by atoms with E-state index in [4.69, 9.17) is 10.3 Å². The molecule has 0 amide bonds. The summed E-state index contributed by atoms with van der Waals surface area (Å²) in [5.74, 6) is -0.773. The van der Waals surface area contributed by atoms with Gasteiger partial charge in [0.15, 0.2) is 6.10 Å². The highest BCUT2D eigenvalue weighted by Crippen LogP contribution is 2.43. The van der Waals surface area contributed by atoms with Crippen LogP contribution >= 0.6 is 0 Å². The normalized spacial score (nSPS) is 19.7. The van der Waals surface area contributed by atoms with E-state index in [-0.39, 0.29) is 13.0 Å². The summed E-state index contributed by atoms with van der Waals surface area (Å²) in [5.41, 5.74) is 8.40. The zero-order valence-corrected chi connectivity index (χ0v) is 16.7. The molecule has 0 fully saturated rings. The molecule has 0 bridgehead atoms. The first-order chi connectivity index (χ1) is 15.1. The zero-order valence-electron chi connectivity index (χ0n) is 16.7. The number of nitrogens with zero attached hydrogens (tertiary/aromatic N) is 3. The Balaban J connectivity index is 1.87. The number of benzene rings is 3. The van der Waals surface area contributed by atoms with E-state index >= 15 is 0 Å². The lowest BCUT2D eigenvalue weighted by Gasteiger charge is -2.29. The molecule has 1 aliphatic rings. The topological polar surface area (TPSA) is 109 Å². The van der Waals surface area contributed by atoms with Gasteiger partial charge in [-0.05, 0) is 23.3 Å². The molecule has 4 rings (SSSR count). The number of aliphatic carboxylic acids is 1. The van der Waals surface area contributed by atoms with Crippen LogP contribution in [0.2, 0.25) is 0 Å². The Labute approximate surface area is 179 Å². The quantitative estimate of drug-likeness (QED) is 0.444. The number of carbonyl (C=O) groups is 1. The number of hydrogen-bond donors (Lipinski definition) is 2. The fourth-order valence-electron chi connectivity index (χ4n) is 3.83. The van der Waals surface area contributed by atoms with E-state index in [1.807, 2.05) is 84.9 Å².